The lowest BCUT2D eigenvalue weighted by atomic mass is 9.95. The molecule has 0 bridgehead atoms. The van der Waals surface area contributed by atoms with Gasteiger partial charge < -0.3 is 4.84 Å². The van der Waals surface area contributed by atoms with Crippen LogP contribution in [0.25, 0.3) is 0 Å². The third-order valence-corrected chi connectivity index (χ3v) is 1.96. The van der Waals surface area contributed by atoms with Crippen LogP contribution in [0.1, 0.15) is 32.1 Å². The molecule has 0 spiro atoms. The molecule has 0 atom stereocenters. The second-order valence-electron chi connectivity index (χ2n) is 2.76. The van der Waals surface area contributed by atoms with Crippen molar-refractivity contribution in [3.63, 3.8) is 0 Å². The number of rotatable bonds is 2. The van der Waals surface area contributed by atoms with Crippen molar-refractivity contribution in [3.8, 4) is 0 Å². The maximum atomic E-state index is 4.90. The van der Waals surface area contributed by atoms with Gasteiger partial charge in [0, 0.05) is 0 Å². The van der Waals surface area contributed by atoms with E-state index in [0.717, 1.165) is 0 Å². The highest BCUT2D eigenvalue weighted by molar-refractivity contribution is 5.03. The van der Waals surface area contributed by atoms with Crippen LogP contribution in [0.15, 0.2) is 11.6 Å². The molecule has 0 heterocycles. The zero-order valence-corrected chi connectivity index (χ0v) is 6.31. The Hall–Kier alpha value is -0.340. The predicted octanol–water partition coefficient (Wildman–Crippen LogP) is 1.77. The molecule has 0 aromatic heterocycles. The molecule has 2 nitrogen and oxygen atoms in total. The fourth-order valence-corrected chi connectivity index (χ4v) is 1.38. The zero-order valence-electron chi connectivity index (χ0n) is 6.31. The molecule has 0 aliphatic heterocycles. The monoisotopic (exact) mass is 141 g/mol. The minimum absolute atomic E-state index is 0.579. The minimum Gasteiger partial charge on any atom is -0.300 e. The maximum absolute atomic E-state index is 4.90. The van der Waals surface area contributed by atoms with Gasteiger partial charge in [-0.05, 0) is 25.7 Å². The average Bonchev–Trinajstić information content (AvgIpc) is 2.03. The van der Waals surface area contributed by atoms with E-state index in [1.165, 1.54) is 37.7 Å². The standard InChI is InChI=1S/C8H15NO/c9-10-7-6-8-4-2-1-3-5-8/h6H,1-5,7,9H2. The highest BCUT2D eigenvalue weighted by Gasteiger charge is 2.03. The van der Waals surface area contributed by atoms with E-state index >= 15 is 0 Å². The molecular weight excluding hydrogens is 126 g/mol. The zero-order chi connectivity index (χ0) is 7.23. The second-order valence-corrected chi connectivity index (χ2v) is 2.76. The van der Waals surface area contributed by atoms with Crippen molar-refractivity contribution in [2.75, 3.05) is 6.61 Å². The minimum atomic E-state index is 0.579. The molecule has 2 N–H and O–H groups in total. The van der Waals surface area contributed by atoms with E-state index in [1.807, 2.05) is 0 Å². The summed E-state index contributed by atoms with van der Waals surface area (Å²) in [4.78, 5) is 4.47. The van der Waals surface area contributed by atoms with Crippen molar-refractivity contribution in [1.82, 2.24) is 0 Å². The van der Waals surface area contributed by atoms with Gasteiger partial charge in [-0.25, -0.2) is 5.90 Å². The summed E-state index contributed by atoms with van der Waals surface area (Å²) in [6.45, 7) is 0.579. The Labute approximate surface area is 62.0 Å². The summed E-state index contributed by atoms with van der Waals surface area (Å²) in [5.74, 6) is 4.90. The van der Waals surface area contributed by atoms with Gasteiger partial charge in [0.25, 0.3) is 0 Å². The first-order chi connectivity index (χ1) is 4.93. The van der Waals surface area contributed by atoms with Gasteiger partial charge >= 0.3 is 0 Å². The maximum Gasteiger partial charge on any atom is 0.0863 e. The summed E-state index contributed by atoms with van der Waals surface area (Å²) < 4.78 is 0. The molecule has 58 valence electrons. The highest BCUT2D eigenvalue weighted by Crippen LogP contribution is 2.22. The van der Waals surface area contributed by atoms with E-state index in [9.17, 15) is 0 Å². The summed E-state index contributed by atoms with van der Waals surface area (Å²) in [7, 11) is 0. The summed E-state index contributed by atoms with van der Waals surface area (Å²) in [5, 5.41) is 0. The van der Waals surface area contributed by atoms with E-state index in [-0.39, 0.29) is 0 Å². The fraction of sp³-hybridized carbons (Fsp3) is 0.750. The van der Waals surface area contributed by atoms with Crippen molar-refractivity contribution >= 4 is 0 Å². The first-order valence-electron chi connectivity index (χ1n) is 3.93. The third kappa shape index (κ3) is 2.50. The fourth-order valence-electron chi connectivity index (χ4n) is 1.38. The summed E-state index contributed by atoms with van der Waals surface area (Å²) >= 11 is 0. The molecular formula is C8H15NO. The summed E-state index contributed by atoms with van der Waals surface area (Å²) in [5.41, 5.74) is 1.52. The lowest BCUT2D eigenvalue weighted by Crippen LogP contribution is -2.00. The van der Waals surface area contributed by atoms with Crippen molar-refractivity contribution in [3.05, 3.63) is 11.6 Å². The van der Waals surface area contributed by atoms with Crippen LogP contribution in [0.2, 0.25) is 0 Å². The van der Waals surface area contributed by atoms with Gasteiger partial charge in [-0.2, -0.15) is 0 Å². The smallest absolute Gasteiger partial charge is 0.0863 e. The number of hydrogen-bond acceptors (Lipinski definition) is 2. The first kappa shape index (κ1) is 7.76. The SMILES string of the molecule is NOCC=C1CCCCC1. The number of nitrogens with two attached hydrogens (primary N) is 1. The van der Waals surface area contributed by atoms with E-state index in [2.05, 4.69) is 10.9 Å². The third-order valence-electron chi connectivity index (χ3n) is 1.96. The molecule has 2 heteroatoms. The summed E-state index contributed by atoms with van der Waals surface area (Å²) in [6, 6.07) is 0. The molecule has 0 amide bonds. The van der Waals surface area contributed by atoms with E-state index < -0.39 is 0 Å². The molecule has 0 aromatic carbocycles. The highest BCUT2D eigenvalue weighted by atomic mass is 16.6. The Morgan fingerprint density at radius 2 is 2.00 bits per heavy atom. The van der Waals surface area contributed by atoms with Crippen LogP contribution in [-0.4, -0.2) is 6.61 Å². The van der Waals surface area contributed by atoms with E-state index in [0.29, 0.717) is 6.61 Å². The Kier molecular flexibility index (Phi) is 3.47. The van der Waals surface area contributed by atoms with Gasteiger partial charge in [0.1, 0.15) is 0 Å². The van der Waals surface area contributed by atoms with Crippen LogP contribution >= 0.6 is 0 Å². The molecule has 1 rings (SSSR count). The van der Waals surface area contributed by atoms with Crippen LogP contribution in [-0.2, 0) is 4.84 Å². The normalized spacial score (nSPS) is 19.1. The Bertz CT molecular complexity index is 112. The van der Waals surface area contributed by atoms with Crippen LogP contribution in [0.4, 0.5) is 0 Å². The molecule has 0 aromatic rings. The van der Waals surface area contributed by atoms with Gasteiger partial charge in [-0.1, -0.05) is 18.1 Å². The van der Waals surface area contributed by atoms with Crippen LogP contribution in [0.3, 0.4) is 0 Å². The van der Waals surface area contributed by atoms with Crippen molar-refractivity contribution < 1.29 is 4.84 Å². The molecule has 1 aliphatic carbocycles. The molecule has 0 saturated heterocycles. The average molecular weight is 141 g/mol. The van der Waals surface area contributed by atoms with E-state index in [4.69, 9.17) is 5.90 Å². The first-order valence-corrected chi connectivity index (χ1v) is 3.93. The Balaban J connectivity index is 2.23. The van der Waals surface area contributed by atoms with Crippen LogP contribution < -0.4 is 5.90 Å². The summed E-state index contributed by atoms with van der Waals surface area (Å²) in [6.07, 6.45) is 8.69. The lowest BCUT2D eigenvalue weighted by molar-refractivity contribution is 0.167. The quantitative estimate of drug-likeness (QED) is 0.470. The molecule has 0 radical (unpaired) electrons. The Morgan fingerprint density at radius 1 is 1.30 bits per heavy atom. The number of allylic oxidation sites excluding steroid dienone is 1. The van der Waals surface area contributed by atoms with Crippen molar-refractivity contribution in [2.24, 2.45) is 5.90 Å². The predicted molar refractivity (Wildman–Crippen MR) is 41.3 cm³/mol. The van der Waals surface area contributed by atoms with Crippen molar-refractivity contribution in [2.45, 2.75) is 32.1 Å². The van der Waals surface area contributed by atoms with Gasteiger partial charge in [-0.3, -0.25) is 0 Å². The molecule has 1 aliphatic rings. The van der Waals surface area contributed by atoms with Gasteiger partial charge in [0.15, 0.2) is 0 Å². The van der Waals surface area contributed by atoms with Crippen LogP contribution in [0, 0.1) is 0 Å². The van der Waals surface area contributed by atoms with Gasteiger partial charge in [0.2, 0.25) is 0 Å². The largest absolute Gasteiger partial charge is 0.300 e. The lowest BCUT2D eigenvalue weighted by Gasteiger charge is -2.12. The van der Waals surface area contributed by atoms with Crippen molar-refractivity contribution in [1.29, 1.82) is 0 Å². The number of hydrogen-bond donors (Lipinski definition) is 1. The van der Waals surface area contributed by atoms with E-state index in [1.54, 1.807) is 0 Å². The second kappa shape index (κ2) is 4.47. The van der Waals surface area contributed by atoms with Gasteiger partial charge in [0.05, 0.1) is 6.61 Å². The molecule has 10 heavy (non-hydrogen) atoms. The van der Waals surface area contributed by atoms with Crippen LogP contribution in [0.5, 0.6) is 0 Å². The molecule has 1 fully saturated rings. The topological polar surface area (TPSA) is 35.2 Å². The molecule has 0 unspecified atom stereocenters. The Morgan fingerprint density at radius 3 is 2.60 bits per heavy atom. The molecule has 1 saturated carbocycles. The van der Waals surface area contributed by atoms with Gasteiger partial charge in [-0.15, -0.1) is 0 Å².